The van der Waals surface area contributed by atoms with Crippen LogP contribution < -0.4 is 4.72 Å². The zero-order valence-electron chi connectivity index (χ0n) is 10.3. The summed E-state index contributed by atoms with van der Waals surface area (Å²) in [4.78, 5) is 24.0. The molecule has 1 amide bonds. The number of piperidine rings is 1. The van der Waals surface area contributed by atoms with Crippen molar-refractivity contribution in [1.29, 1.82) is 0 Å². The zero-order chi connectivity index (χ0) is 13.8. The fraction of sp³-hybridized carbons (Fsp3) is 0.800. The first kappa shape index (κ1) is 14.9. The van der Waals surface area contributed by atoms with E-state index >= 15 is 0 Å². The molecule has 0 aromatic rings. The minimum atomic E-state index is -3.44. The van der Waals surface area contributed by atoms with Crippen LogP contribution in [0.1, 0.15) is 26.2 Å². The van der Waals surface area contributed by atoms with Gasteiger partial charge in [-0.1, -0.05) is 0 Å². The van der Waals surface area contributed by atoms with Gasteiger partial charge in [0.05, 0.1) is 12.3 Å². The maximum Gasteiger partial charge on any atom is 0.326 e. The molecule has 1 fully saturated rings. The van der Waals surface area contributed by atoms with Crippen LogP contribution in [0.2, 0.25) is 0 Å². The van der Waals surface area contributed by atoms with Gasteiger partial charge in [-0.3, -0.25) is 4.79 Å². The average Bonchev–Trinajstić information content (AvgIpc) is 2.36. The Morgan fingerprint density at radius 1 is 1.39 bits per heavy atom. The van der Waals surface area contributed by atoms with Crippen molar-refractivity contribution in [2.45, 2.75) is 32.2 Å². The highest BCUT2D eigenvalue weighted by atomic mass is 32.2. The molecular formula is C10H18N2O5S. The summed E-state index contributed by atoms with van der Waals surface area (Å²) in [5, 5.41) is 9.00. The number of carboxylic acids is 1. The number of aliphatic carboxylic acids is 1. The van der Waals surface area contributed by atoms with Gasteiger partial charge in [-0.25, -0.2) is 17.9 Å². The smallest absolute Gasteiger partial charge is 0.326 e. The van der Waals surface area contributed by atoms with Gasteiger partial charge in [0.1, 0.15) is 6.04 Å². The van der Waals surface area contributed by atoms with E-state index in [0.717, 1.165) is 12.8 Å². The second-order valence-electron chi connectivity index (χ2n) is 4.16. The number of carbonyl (C=O) groups excluding carboxylic acids is 1. The van der Waals surface area contributed by atoms with Crippen molar-refractivity contribution in [3.63, 3.8) is 0 Å². The minimum Gasteiger partial charge on any atom is -0.480 e. The van der Waals surface area contributed by atoms with E-state index in [1.54, 1.807) is 0 Å². The van der Waals surface area contributed by atoms with Crippen molar-refractivity contribution in [3.8, 4) is 0 Å². The Kier molecular flexibility index (Phi) is 5.09. The van der Waals surface area contributed by atoms with E-state index in [1.807, 2.05) is 0 Å². The van der Waals surface area contributed by atoms with E-state index in [9.17, 15) is 18.0 Å². The molecule has 104 valence electrons. The quantitative estimate of drug-likeness (QED) is 0.698. The van der Waals surface area contributed by atoms with Crippen molar-refractivity contribution in [2.24, 2.45) is 0 Å². The Labute approximate surface area is 106 Å². The number of hydrogen-bond acceptors (Lipinski definition) is 4. The fourth-order valence-corrected chi connectivity index (χ4v) is 2.41. The summed E-state index contributed by atoms with van der Waals surface area (Å²) in [6.07, 6.45) is 1.93. The van der Waals surface area contributed by atoms with Crippen LogP contribution in [0, 0.1) is 0 Å². The highest BCUT2D eigenvalue weighted by Gasteiger charge is 2.31. The number of likely N-dealkylation sites (tertiary alicyclic amines) is 1. The minimum absolute atomic E-state index is 0.108. The van der Waals surface area contributed by atoms with E-state index in [2.05, 4.69) is 4.72 Å². The van der Waals surface area contributed by atoms with Gasteiger partial charge in [0.15, 0.2) is 0 Å². The summed E-state index contributed by atoms with van der Waals surface area (Å²) in [7, 11) is -3.44. The SMILES string of the molecule is CCS(=O)(=O)NCC(=O)N1CCCCC1C(=O)O. The topological polar surface area (TPSA) is 104 Å². The lowest BCUT2D eigenvalue weighted by molar-refractivity contribution is -0.151. The third-order valence-corrected chi connectivity index (χ3v) is 4.28. The number of carboxylic acid groups (broad SMARTS) is 1. The lowest BCUT2D eigenvalue weighted by atomic mass is 10.0. The lowest BCUT2D eigenvalue weighted by Crippen LogP contribution is -2.51. The van der Waals surface area contributed by atoms with Gasteiger partial charge in [0, 0.05) is 6.54 Å². The monoisotopic (exact) mass is 278 g/mol. The Balaban J connectivity index is 2.61. The number of amides is 1. The maximum absolute atomic E-state index is 11.8. The zero-order valence-corrected chi connectivity index (χ0v) is 11.1. The van der Waals surface area contributed by atoms with Crippen molar-refractivity contribution < 1.29 is 23.1 Å². The van der Waals surface area contributed by atoms with Gasteiger partial charge in [0.25, 0.3) is 0 Å². The highest BCUT2D eigenvalue weighted by Crippen LogP contribution is 2.17. The molecule has 0 aromatic heterocycles. The van der Waals surface area contributed by atoms with E-state index in [0.29, 0.717) is 13.0 Å². The third kappa shape index (κ3) is 3.95. The van der Waals surface area contributed by atoms with E-state index in [1.165, 1.54) is 11.8 Å². The number of hydrogen-bond donors (Lipinski definition) is 2. The number of carbonyl (C=O) groups is 2. The summed E-state index contributed by atoms with van der Waals surface area (Å²) < 4.78 is 24.6. The Bertz CT molecular complexity index is 420. The molecule has 1 unspecified atom stereocenters. The van der Waals surface area contributed by atoms with Crippen LogP contribution in [0.25, 0.3) is 0 Å². The molecule has 8 heteroatoms. The summed E-state index contributed by atoms with van der Waals surface area (Å²) in [6.45, 7) is 1.46. The maximum atomic E-state index is 11.8. The van der Waals surface area contributed by atoms with Crippen molar-refractivity contribution in [3.05, 3.63) is 0 Å². The van der Waals surface area contributed by atoms with Crippen molar-refractivity contribution in [2.75, 3.05) is 18.8 Å². The summed E-state index contributed by atoms with van der Waals surface area (Å²) >= 11 is 0. The molecule has 0 radical (unpaired) electrons. The fourth-order valence-electron chi connectivity index (χ4n) is 1.86. The first-order valence-electron chi connectivity index (χ1n) is 5.87. The van der Waals surface area contributed by atoms with E-state index in [4.69, 9.17) is 5.11 Å². The molecule has 1 aliphatic rings. The van der Waals surface area contributed by atoms with Crippen LogP contribution in [0.5, 0.6) is 0 Å². The van der Waals surface area contributed by atoms with Crippen LogP contribution >= 0.6 is 0 Å². The molecule has 0 aromatic carbocycles. The van der Waals surface area contributed by atoms with Crippen LogP contribution in [0.15, 0.2) is 0 Å². The van der Waals surface area contributed by atoms with Crippen LogP contribution in [-0.2, 0) is 19.6 Å². The molecular weight excluding hydrogens is 260 g/mol. The van der Waals surface area contributed by atoms with Gasteiger partial charge in [-0.05, 0) is 26.2 Å². The predicted octanol–water partition coefficient (Wildman–Crippen LogP) is -0.609. The van der Waals surface area contributed by atoms with E-state index < -0.39 is 27.9 Å². The normalized spacial score (nSPS) is 20.7. The lowest BCUT2D eigenvalue weighted by Gasteiger charge is -2.32. The molecule has 0 bridgehead atoms. The largest absolute Gasteiger partial charge is 0.480 e. The molecule has 0 aliphatic carbocycles. The van der Waals surface area contributed by atoms with Gasteiger partial charge in [-0.2, -0.15) is 0 Å². The van der Waals surface area contributed by atoms with Gasteiger partial charge in [0.2, 0.25) is 15.9 Å². The third-order valence-electron chi connectivity index (χ3n) is 2.93. The van der Waals surface area contributed by atoms with Crippen LogP contribution in [0.3, 0.4) is 0 Å². The molecule has 1 atom stereocenters. The van der Waals surface area contributed by atoms with E-state index in [-0.39, 0.29) is 12.3 Å². The number of nitrogens with one attached hydrogen (secondary N) is 1. The standard InChI is InChI=1S/C10H18N2O5S/c1-2-18(16,17)11-7-9(13)12-6-4-3-5-8(12)10(14)15/h8,11H,2-7H2,1H3,(H,14,15). The molecule has 18 heavy (non-hydrogen) atoms. The van der Waals surface area contributed by atoms with Gasteiger partial charge >= 0.3 is 5.97 Å². The highest BCUT2D eigenvalue weighted by molar-refractivity contribution is 7.89. The molecule has 1 aliphatic heterocycles. The average molecular weight is 278 g/mol. The molecule has 7 nitrogen and oxygen atoms in total. The molecule has 0 saturated carbocycles. The van der Waals surface area contributed by atoms with Crippen LogP contribution in [0.4, 0.5) is 0 Å². The van der Waals surface area contributed by atoms with Gasteiger partial charge < -0.3 is 10.0 Å². The molecule has 1 heterocycles. The van der Waals surface area contributed by atoms with Crippen molar-refractivity contribution in [1.82, 2.24) is 9.62 Å². The summed E-state index contributed by atoms with van der Waals surface area (Å²) in [5.74, 6) is -1.64. The number of sulfonamides is 1. The first-order valence-corrected chi connectivity index (χ1v) is 7.52. The van der Waals surface area contributed by atoms with Crippen LogP contribution in [-0.4, -0.2) is 55.2 Å². The number of nitrogens with zero attached hydrogens (tertiary/aromatic N) is 1. The molecule has 1 saturated heterocycles. The Morgan fingerprint density at radius 3 is 2.61 bits per heavy atom. The Hall–Kier alpha value is -1.15. The second-order valence-corrected chi connectivity index (χ2v) is 6.26. The molecule has 0 spiro atoms. The Morgan fingerprint density at radius 2 is 2.06 bits per heavy atom. The molecule has 1 rings (SSSR count). The summed E-state index contributed by atoms with van der Waals surface area (Å²) in [5.41, 5.74) is 0. The predicted molar refractivity (Wildman–Crippen MR) is 64.5 cm³/mol. The van der Waals surface area contributed by atoms with Gasteiger partial charge in [-0.15, -0.1) is 0 Å². The second kappa shape index (κ2) is 6.14. The summed E-state index contributed by atoms with van der Waals surface area (Å²) in [6, 6.07) is -0.836. The molecule has 2 N–H and O–H groups in total. The van der Waals surface area contributed by atoms with Crippen molar-refractivity contribution >= 4 is 21.9 Å². The first-order chi connectivity index (χ1) is 8.37. The number of rotatable bonds is 5.